The molecule has 1 aromatic carbocycles. The van der Waals surface area contributed by atoms with E-state index in [1.165, 1.54) is 24.3 Å². The maximum Gasteiger partial charge on any atom is 0.241 e. The number of rotatable bonds is 7. The van der Waals surface area contributed by atoms with E-state index in [1.54, 1.807) is 18.9 Å². The second-order valence-electron chi connectivity index (χ2n) is 4.94. The van der Waals surface area contributed by atoms with Crippen LogP contribution in [0.1, 0.15) is 20.3 Å². The molecule has 0 unspecified atom stereocenters. The maximum absolute atomic E-state index is 12.8. The predicted molar refractivity (Wildman–Crippen MR) is 80.4 cm³/mol. The van der Waals surface area contributed by atoms with Crippen LogP contribution in [0.15, 0.2) is 24.3 Å². The molecule has 0 aromatic heterocycles. The van der Waals surface area contributed by atoms with Gasteiger partial charge in [-0.2, -0.15) is 0 Å². The second-order valence-corrected chi connectivity index (χ2v) is 4.94. The van der Waals surface area contributed by atoms with Crippen molar-refractivity contribution in [3.05, 3.63) is 30.1 Å². The summed E-state index contributed by atoms with van der Waals surface area (Å²) in [6.45, 7) is 4.47. The molecule has 0 aliphatic rings. The quantitative estimate of drug-likeness (QED) is 0.803. The first-order valence-electron chi connectivity index (χ1n) is 6.97. The van der Waals surface area contributed by atoms with E-state index >= 15 is 0 Å². The fourth-order valence-electron chi connectivity index (χ4n) is 1.66. The maximum atomic E-state index is 12.8. The van der Waals surface area contributed by atoms with Gasteiger partial charge in [-0.3, -0.25) is 14.5 Å². The van der Waals surface area contributed by atoms with E-state index in [0.717, 1.165) is 6.42 Å². The lowest BCUT2D eigenvalue weighted by Gasteiger charge is -2.23. The molecule has 6 heteroatoms. The van der Waals surface area contributed by atoms with Crippen molar-refractivity contribution >= 4 is 17.5 Å². The predicted octanol–water partition coefficient (Wildman–Crippen LogP) is 1.61. The molecule has 116 valence electrons. The van der Waals surface area contributed by atoms with E-state index in [9.17, 15) is 14.0 Å². The fraction of sp³-hybridized carbons (Fsp3) is 0.467. The Hall–Kier alpha value is -1.95. The van der Waals surface area contributed by atoms with Gasteiger partial charge in [0.25, 0.3) is 0 Å². The molecular formula is C15H22FN3O2. The van der Waals surface area contributed by atoms with E-state index in [4.69, 9.17) is 0 Å². The SMILES string of the molecule is CCCNC(=O)CN(C)[C@H](C)C(=O)Nc1ccc(F)cc1. The van der Waals surface area contributed by atoms with E-state index in [2.05, 4.69) is 10.6 Å². The molecule has 1 atom stereocenters. The van der Waals surface area contributed by atoms with Crippen LogP contribution in [-0.2, 0) is 9.59 Å². The zero-order chi connectivity index (χ0) is 15.8. The topological polar surface area (TPSA) is 61.4 Å². The largest absolute Gasteiger partial charge is 0.355 e. The first-order valence-corrected chi connectivity index (χ1v) is 6.97. The Kier molecular flexibility index (Phi) is 6.81. The van der Waals surface area contributed by atoms with Crippen LogP contribution in [0.2, 0.25) is 0 Å². The Balaban J connectivity index is 2.49. The number of anilines is 1. The van der Waals surface area contributed by atoms with Crippen molar-refractivity contribution < 1.29 is 14.0 Å². The molecule has 0 saturated carbocycles. The third-order valence-corrected chi connectivity index (χ3v) is 3.12. The molecular weight excluding hydrogens is 273 g/mol. The van der Waals surface area contributed by atoms with Crippen molar-refractivity contribution in [2.75, 3.05) is 25.5 Å². The summed E-state index contributed by atoms with van der Waals surface area (Å²) < 4.78 is 12.8. The van der Waals surface area contributed by atoms with Crippen molar-refractivity contribution in [2.45, 2.75) is 26.3 Å². The molecule has 1 aromatic rings. The molecule has 0 saturated heterocycles. The third kappa shape index (κ3) is 5.91. The lowest BCUT2D eigenvalue weighted by atomic mass is 10.2. The molecule has 0 aliphatic carbocycles. The average Bonchev–Trinajstić information content (AvgIpc) is 2.46. The van der Waals surface area contributed by atoms with E-state index < -0.39 is 6.04 Å². The molecule has 5 nitrogen and oxygen atoms in total. The summed E-state index contributed by atoms with van der Waals surface area (Å²) >= 11 is 0. The molecule has 2 amide bonds. The average molecular weight is 295 g/mol. The third-order valence-electron chi connectivity index (χ3n) is 3.12. The van der Waals surface area contributed by atoms with Crippen LogP contribution in [0, 0.1) is 5.82 Å². The monoisotopic (exact) mass is 295 g/mol. The number of halogens is 1. The van der Waals surface area contributed by atoms with Gasteiger partial charge in [0.1, 0.15) is 5.82 Å². The van der Waals surface area contributed by atoms with Gasteiger partial charge in [-0.1, -0.05) is 6.92 Å². The minimum absolute atomic E-state index is 0.110. The minimum Gasteiger partial charge on any atom is -0.355 e. The zero-order valence-electron chi connectivity index (χ0n) is 12.6. The molecule has 21 heavy (non-hydrogen) atoms. The Morgan fingerprint density at radius 1 is 1.29 bits per heavy atom. The Labute approximate surface area is 124 Å². The van der Waals surface area contributed by atoms with Gasteiger partial charge in [0.2, 0.25) is 11.8 Å². The van der Waals surface area contributed by atoms with Gasteiger partial charge in [0.15, 0.2) is 0 Å². The van der Waals surface area contributed by atoms with Gasteiger partial charge >= 0.3 is 0 Å². The Morgan fingerprint density at radius 2 is 1.90 bits per heavy atom. The van der Waals surface area contributed by atoms with E-state index in [-0.39, 0.29) is 24.2 Å². The highest BCUT2D eigenvalue weighted by Crippen LogP contribution is 2.09. The summed E-state index contributed by atoms with van der Waals surface area (Å²) in [5.41, 5.74) is 0.525. The number of nitrogens with zero attached hydrogens (tertiary/aromatic N) is 1. The van der Waals surface area contributed by atoms with E-state index in [1.807, 2.05) is 6.92 Å². The van der Waals surface area contributed by atoms with Crippen LogP contribution in [0.4, 0.5) is 10.1 Å². The number of benzene rings is 1. The molecule has 0 aliphatic heterocycles. The zero-order valence-corrected chi connectivity index (χ0v) is 12.6. The van der Waals surface area contributed by atoms with Gasteiger partial charge in [0.05, 0.1) is 12.6 Å². The van der Waals surface area contributed by atoms with Crippen LogP contribution in [0.5, 0.6) is 0 Å². The number of hydrogen-bond acceptors (Lipinski definition) is 3. The highest BCUT2D eigenvalue weighted by molar-refractivity contribution is 5.94. The summed E-state index contributed by atoms with van der Waals surface area (Å²) in [6.07, 6.45) is 0.871. The number of hydrogen-bond donors (Lipinski definition) is 2. The van der Waals surface area contributed by atoms with Crippen molar-refractivity contribution in [3.63, 3.8) is 0 Å². The smallest absolute Gasteiger partial charge is 0.241 e. The van der Waals surface area contributed by atoms with Gasteiger partial charge < -0.3 is 10.6 Å². The van der Waals surface area contributed by atoms with Crippen molar-refractivity contribution in [2.24, 2.45) is 0 Å². The van der Waals surface area contributed by atoms with Gasteiger partial charge in [0, 0.05) is 12.2 Å². The molecule has 0 radical (unpaired) electrons. The van der Waals surface area contributed by atoms with Gasteiger partial charge in [-0.25, -0.2) is 4.39 Å². The first kappa shape index (κ1) is 17.1. The highest BCUT2D eigenvalue weighted by atomic mass is 19.1. The number of likely N-dealkylation sites (N-methyl/N-ethyl adjacent to an activating group) is 1. The van der Waals surface area contributed by atoms with Crippen LogP contribution in [0.25, 0.3) is 0 Å². The van der Waals surface area contributed by atoms with Crippen LogP contribution < -0.4 is 10.6 Å². The number of nitrogens with one attached hydrogen (secondary N) is 2. The van der Waals surface area contributed by atoms with Crippen LogP contribution in [0.3, 0.4) is 0 Å². The first-order chi connectivity index (χ1) is 9.93. The molecule has 2 N–H and O–H groups in total. The van der Waals surface area contributed by atoms with Crippen molar-refractivity contribution in [1.29, 1.82) is 0 Å². The molecule has 0 fully saturated rings. The summed E-state index contributed by atoms with van der Waals surface area (Å²) in [5, 5.41) is 5.45. The van der Waals surface area contributed by atoms with Crippen LogP contribution >= 0.6 is 0 Å². The number of carbonyl (C=O) groups is 2. The lowest BCUT2D eigenvalue weighted by Crippen LogP contribution is -2.44. The Bertz CT molecular complexity index is 476. The summed E-state index contributed by atoms with van der Waals surface area (Å²) in [7, 11) is 1.71. The number of carbonyl (C=O) groups excluding carboxylic acids is 2. The van der Waals surface area contributed by atoms with Gasteiger partial charge in [-0.05, 0) is 44.7 Å². The normalized spacial score (nSPS) is 12.0. The van der Waals surface area contributed by atoms with E-state index in [0.29, 0.717) is 12.2 Å². The standard InChI is InChI=1S/C15H22FN3O2/c1-4-9-17-14(20)10-19(3)11(2)15(21)18-13-7-5-12(16)6-8-13/h5-8,11H,4,9-10H2,1-3H3,(H,17,20)(H,18,21)/t11-/m1/s1. The fourth-order valence-corrected chi connectivity index (χ4v) is 1.66. The summed E-state index contributed by atoms with van der Waals surface area (Å²) in [4.78, 5) is 25.3. The number of amides is 2. The lowest BCUT2D eigenvalue weighted by molar-refractivity contribution is -0.124. The van der Waals surface area contributed by atoms with Crippen molar-refractivity contribution in [3.8, 4) is 0 Å². The molecule has 1 rings (SSSR count). The second kappa shape index (κ2) is 8.36. The van der Waals surface area contributed by atoms with Crippen LogP contribution in [-0.4, -0.2) is 42.9 Å². The van der Waals surface area contributed by atoms with Gasteiger partial charge in [-0.15, -0.1) is 0 Å². The molecule has 0 spiro atoms. The summed E-state index contributed by atoms with van der Waals surface area (Å²) in [5.74, 6) is -0.709. The molecule has 0 heterocycles. The van der Waals surface area contributed by atoms with Crippen molar-refractivity contribution in [1.82, 2.24) is 10.2 Å². The molecule has 0 bridgehead atoms. The Morgan fingerprint density at radius 3 is 2.48 bits per heavy atom. The minimum atomic E-state index is -0.470. The highest BCUT2D eigenvalue weighted by Gasteiger charge is 2.20. The summed E-state index contributed by atoms with van der Waals surface area (Å²) in [6, 6.07) is 5.08.